The minimum Gasteiger partial charge on any atom is -0.347 e. The first-order chi connectivity index (χ1) is 14.5. The lowest BCUT2D eigenvalue weighted by atomic mass is 9.99. The van der Waals surface area contributed by atoms with Crippen LogP contribution in [0.5, 0.6) is 0 Å². The van der Waals surface area contributed by atoms with Gasteiger partial charge in [-0.3, -0.25) is 0 Å². The highest BCUT2D eigenvalue weighted by Crippen LogP contribution is 2.42. The summed E-state index contributed by atoms with van der Waals surface area (Å²) in [7, 11) is -1.72. The van der Waals surface area contributed by atoms with Crippen LogP contribution in [-0.4, -0.2) is 23.0 Å². The van der Waals surface area contributed by atoms with Gasteiger partial charge in [0, 0.05) is 53.7 Å². The van der Waals surface area contributed by atoms with Crippen LogP contribution in [0.2, 0.25) is 0 Å². The zero-order valence-electron chi connectivity index (χ0n) is 16.5. The maximum Gasteiger partial charge on any atom is 0.268 e. The summed E-state index contributed by atoms with van der Waals surface area (Å²) in [6.07, 6.45) is 4.80. The number of nitrogens with zero attached hydrogens (tertiary/aromatic N) is 3. The number of benzene rings is 2. The summed E-state index contributed by atoms with van der Waals surface area (Å²) in [6.45, 7) is 0. The molecule has 2 aliphatic rings. The number of fused-ring (bicyclic) bond motifs is 7. The monoisotopic (exact) mass is 416 g/mol. The van der Waals surface area contributed by atoms with Gasteiger partial charge in [-0.2, -0.15) is 5.26 Å². The molecular formula is C23H20N4O2S. The summed E-state index contributed by atoms with van der Waals surface area (Å²) in [4.78, 5) is 0.267. The molecule has 6 nitrogen and oxygen atoms in total. The summed E-state index contributed by atoms with van der Waals surface area (Å²) in [5.41, 5.74) is 4.59. The Balaban J connectivity index is 1.56. The number of aryl methyl sites for hydroxylation is 1. The van der Waals surface area contributed by atoms with Crippen LogP contribution in [0.25, 0.3) is 21.8 Å². The smallest absolute Gasteiger partial charge is 0.268 e. The molecule has 4 heterocycles. The molecule has 2 aromatic carbocycles. The van der Waals surface area contributed by atoms with Gasteiger partial charge in [-0.25, -0.2) is 12.4 Å². The Morgan fingerprint density at radius 2 is 1.97 bits per heavy atom. The minimum atomic E-state index is -3.79. The van der Waals surface area contributed by atoms with Crippen molar-refractivity contribution in [3.63, 3.8) is 0 Å². The quantitative estimate of drug-likeness (QED) is 0.542. The first-order valence-electron chi connectivity index (χ1n) is 10.1. The van der Waals surface area contributed by atoms with Crippen LogP contribution >= 0.6 is 0 Å². The fourth-order valence-corrected chi connectivity index (χ4v) is 6.61. The Kier molecular flexibility index (Phi) is 3.53. The molecule has 2 unspecified atom stereocenters. The van der Waals surface area contributed by atoms with E-state index in [9.17, 15) is 13.7 Å². The highest BCUT2D eigenvalue weighted by Gasteiger charge is 2.36. The molecule has 1 N–H and O–H groups in total. The number of hydrogen-bond acceptors (Lipinski definition) is 4. The predicted molar refractivity (Wildman–Crippen MR) is 115 cm³/mol. The Bertz CT molecular complexity index is 1500. The van der Waals surface area contributed by atoms with Crippen LogP contribution in [0.15, 0.2) is 53.6 Å². The van der Waals surface area contributed by atoms with Crippen molar-refractivity contribution in [3.05, 3.63) is 65.5 Å². The summed E-state index contributed by atoms with van der Waals surface area (Å²) in [5.74, 6) is 0. The van der Waals surface area contributed by atoms with Crippen LogP contribution < -0.4 is 5.32 Å². The average molecular weight is 417 g/mol. The van der Waals surface area contributed by atoms with Gasteiger partial charge in [0.05, 0.1) is 22.0 Å². The van der Waals surface area contributed by atoms with Gasteiger partial charge in [-0.05, 0) is 54.8 Å². The van der Waals surface area contributed by atoms with E-state index in [1.165, 1.54) is 15.2 Å². The largest absolute Gasteiger partial charge is 0.347 e. The van der Waals surface area contributed by atoms with Crippen LogP contribution in [0.1, 0.15) is 35.7 Å². The van der Waals surface area contributed by atoms with Crippen LogP contribution in [0, 0.1) is 11.3 Å². The van der Waals surface area contributed by atoms with Gasteiger partial charge < -0.3 is 9.88 Å². The molecule has 30 heavy (non-hydrogen) atoms. The lowest BCUT2D eigenvalue weighted by Gasteiger charge is -2.23. The summed E-state index contributed by atoms with van der Waals surface area (Å²) < 4.78 is 30.6. The predicted octanol–water partition coefficient (Wildman–Crippen LogP) is 3.59. The molecule has 150 valence electrons. The second-order valence-corrected chi connectivity index (χ2v) is 10.1. The third-order valence-corrected chi connectivity index (χ3v) is 8.39. The summed E-state index contributed by atoms with van der Waals surface area (Å²) in [6, 6.07) is 15.2. The molecule has 0 spiro atoms. The van der Waals surface area contributed by atoms with Gasteiger partial charge in [0.1, 0.15) is 0 Å². The van der Waals surface area contributed by atoms with Crippen molar-refractivity contribution in [1.29, 1.82) is 5.26 Å². The third kappa shape index (κ3) is 2.29. The van der Waals surface area contributed by atoms with E-state index in [1.54, 1.807) is 36.5 Å². The fourth-order valence-electron chi connectivity index (χ4n) is 5.24. The van der Waals surface area contributed by atoms with E-state index in [1.807, 2.05) is 12.1 Å². The molecule has 4 aromatic rings. The number of aromatic nitrogens is 2. The fraction of sp³-hybridized carbons (Fsp3) is 0.261. The Labute approximate surface area is 174 Å². The van der Waals surface area contributed by atoms with Crippen molar-refractivity contribution < 1.29 is 8.42 Å². The molecule has 1 saturated heterocycles. The first kappa shape index (κ1) is 17.8. The van der Waals surface area contributed by atoms with Crippen LogP contribution in [0.3, 0.4) is 0 Å². The topological polar surface area (TPSA) is 79.8 Å². The van der Waals surface area contributed by atoms with Crippen LogP contribution in [0.4, 0.5) is 0 Å². The number of nitriles is 1. The highest BCUT2D eigenvalue weighted by atomic mass is 32.2. The summed E-state index contributed by atoms with van der Waals surface area (Å²) >= 11 is 0. The number of nitrogens with one attached hydrogen (secondary N) is 1. The van der Waals surface area contributed by atoms with E-state index in [-0.39, 0.29) is 4.90 Å². The molecule has 7 heteroatoms. The van der Waals surface area contributed by atoms with E-state index < -0.39 is 10.0 Å². The van der Waals surface area contributed by atoms with Crippen molar-refractivity contribution in [2.45, 2.75) is 36.2 Å². The Morgan fingerprint density at radius 3 is 2.80 bits per heavy atom. The normalized spacial score (nSPS) is 20.5. The van der Waals surface area contributed by atoms with E-state index in [0.29, 0.717) is 23.2 Å². The maximum absolute atomic E-state index is 13.5. The van der Waals surface area contributed by atoms with Gasteiger partial charge in [0.25, 0.3) is 10.0 Å². The molecule has 6 rings (SSSR count). The molecule has 1 fully saturated rings. The van der Waals surface area contributed by atoms with Crippen LogP contribution in [-0.2, 0) is 23.5 Å². The second-order valence-electron chi connectivity index (χ2n) is 8.30. The SMILES string of the molecule is Cn1c2c(c3cc(S(=O)(=O)n4ccc5ccc(C#N)cc54)ccc31)C1CCC(C2)N1. The van der Waals surface area contributed by atoms with Gasteiger partial charge in [-0.1, -0.05) is 6.07 Å². The van der Waals surface area contributed by atoms with Crippen molar-refractivity contribution >= 4 is 31.8 Å². The van der Waals surface area contributed by atoms with E-state index in [4.69, 9.17) is 0 Å². The van der Waals surface area contributed by atoms with Gasteiger partial charge in [0.2, 0.25) is 0 Å². The first-order valence-corrected chi connectivity index (χ1v) is 11.6. The average Bonchev–Trinajstić information content (AvgIpc) is 3.43. The van der Waals surface area contributed by atoms with Crippen molar-refractivity contribution in [2.75, 3.05) is 0 Å². The van der Waals surface area contributed by atoms with Crippen molar-refractivity contribution in [1.82, 2.24) is 13.9 Å². The minimum absolute atomic E-state index is 0.267. The molecule has 2 aliphatic heterocycles. The molecule has 0 aliphatic carbocycles. The molecular weight excluding hydrogens is 396 g/mol. The van der Waals surface area contributed by atoms with Gasteiger partial charge in [0.15, 0.2) is 0 Å². The lowest BCUT2D eigenvalue weighted by Crippen LogP contribution is -2.32. The van der Waals surface area contributed by atoms with Crippen molar-refractivity contribution in [3.8, 4) is 6.07 Å². The molecule has 0 saturated carbocycles. The van der Waals surface area contributed by atoms with E-state index >= 15 is 0 Å². The zero-order valence-corrected chi connectivity index (χ0v) is 17.3. The van der Waals surface area contributed by atoms with Gasteiger partial charge in [-0.15, -0.1) is 0 Å². The Hall–Kier alpha value is -3.08. The standard InChI is InChI=1S/C23H20N4O2S/c1-26-20-7-5-17(12-18(20)23-19-6-4-16(25-19)11-22(23)26)30(28,29)27-9-8-15-3-2-14(13-24)10-21(15)27/h2-3,5,7-10,12,16,19,25H,4,6,11H2,1H3. The lowest BCUT2D eigenvalue weighted by molar-refractivity contribution is 0.503. The number of hydrogen-bond donors (Lipinski definition) is 1. The van der Waals surface area contributed by atoms with E-state index in [0.717, 1.165) is 35.6 Å². The number of rotatable bonds is 2. The highest BCUT2D eigenvalue weighted by molar-refractivity contribution is 7.90. The zero-order chi connectivity index (χ0) is 20.6. The molecule has 2 aromatic heterocycles. The molecule has 2 atom stereocenters. The molecule has 0 amide bonds. The Morgan fingerprint density at radius 1 is 1.10 bits per heavy atom. The second kappa shape index (κ2) is 5.97. The third-order valence-electron chi connectivity index (χ3n) is 6.71. The molecule has 0 radical (unpaired) electrons. The maximum atomic E-state index is 13.5. The summed E-state index contributed by atoms with van der Waals surface area (Å²) in [5, 5.41) is 14.7. The van der Waals surface area contributed by atoms with Crippen molar-refractivity contribution in [2.24, 2.45) is 7.05 Å². The van der Waals surface area contributed by atoms with Gasteiger partial charge >= 0.3 is 0 Å². The van der Waals surface area contributed by atoms with E-state index in [2.05, 4.69) is 23.0 Å². The molecule has 2 bridgehead atoms.